The maximum absolute atomic E-state index is 12.0. The number of aliphatic hydroxyl groups is 1. The number of amides is 1. The molecule has 1 heterocycles. The Hall–Kier alpha value is -1.46. The lowest BCUT2D eigenvalue weighted by Crippen LogP contribution is -2.61. The summed E-state index contributed by atoms with van der Waals surface area (Å²) in [5.74, 6) is -0.142. The summed E-state index contributed by atoms with van der Waals surface area (Å²) in [5, 5.41) is 12.6. The molecule has 1 aromatic heterocycles. The fourth-order valence-electron chi connectivity index (χ4n) is 2.12. The molecule has 0 spiro atoms. The van der Waals surface area contributed by atoms with E-state index in [9.17, 15) is 9.90 Å². The maximum atomic E-state index is 12.0. The number of carbonyl (C=O) groups is 1. The summed E-state index contributed by atoms with van der Waals surface area (Å²) in [6.07, 6.45) is 1.84. The molecule has 0 bridgehead atoms. The van der Waals surface area contributed by atoms with Gasteiger partial charge in [-0.05, 0) is 18.6 Å². The fourth-order valence-corrected chi connectivity index (χ4v) is 2.12. The van der Waals surface area contributed by atoms with E-state index in [0.29, 0.717) is 24.2 Å². The number of rotatable bonds is 3. The van der Waals surface area contributed by atoms with E-state index < -0.39 is 0 Å². The Morgan fingerprint density at radius 3 is 2.94 bits per heavy atom. The lowest BCUT2D eigenvalue weighted by molar-refractivity contribution is -0.0689. The summed E-state index contributed by atoms with van der Waals surface area (Å²) in [7, 11) is 0. The average molecular weight is 249 g/mol. The first-order chi connectivity index (χ1) is 8.45. The molecule has 4 N–H and O–H groups in total. The van der Waals surface area contributed by atoms with E-state index in [0.717, 1.165) is 0 Å². The average Bonchev–Trinajstić information content (AvgIpc) is 2.38. The molecule has 5 heteroatoms. The van der Waals surface area contributed by atoms with Crippen LogP contribution in [0.2, 0.25) is 0 Å². The van der Waals surface area contributed by atoms with Gasteiger partial charge in [-0.15, -0.1) is 0 Å². The molecule has 1 aliphatic carbocycles. The number of nitrogens with two attached hydrogens (primary N) is 1. The number of carbonyl (C=O) groups excluding carboxylic acids is 1. The smallest absolute Gasteiger partial charge is 0.251 e. The lowest BCUT2D eigenvalue weighted by atomic mass is 9.64. The van der Waals surface area contributed by atoms with E-state index in [4.69, 9.17) is 5.73 Å². The van der Waals surface area contributed by atoms with Gasteiger partial charge in [0.2, 0.25) is 0 Å². The van der Waals surface area contributed by atoms with Crippen LogP contribution in [0.4, 0.5) is 0 Å². The summed E-state index contributed by atoms with van der Waals surface area (Å²) < 4.78 is 0. The van der Waals surface area contributed by atoms with Crippen LogP contribution in [0, 0.1) is 5.41 Å². The van der Waals surface area contributed by atoms with Gasteiger partial charge < -0.3 is 16.2 Å². The van der Waals surface area contributed by atoms with Crippen molar-refractivity contribution >= 4 is 5.91 Å². The zero-order chi connectivity index (χ0) is 13.3. The number of nitrogens with zero attached hydrogens (tertiary/aromatic N) is 1. The lowest BCUT2D eigenvalue weighted by Gasteiger charge is -2.49. The summed E-state index contributed by atoms with van der Waals surface area (Å²) in [5.41, 5.74) is 6.48. The summed E-state index contributed by atoms with van der Waals surface area (Å²) in [6, 6.07) is 3.36. The highest BCUT2D eigenvalue weighted by molar-refractivity contribution is 5.94. The molecule has 2 atom stereocenters. The molecule has 1 fully saturated rings. The van der Waals surface area contributed by atoms with Crippen LogP contribution >= 0.6 is 0 Å². The standard InChI is InChI=1S/C13H19N3O2/c1-13(2)10(6-11(13)17)16-12(18)8-3-4-15-9(5-8)7-14/h3-5,10-11,17H,6-7,14H2,1-2H3,(H,16,18). The third-order valence-electron chi connectivity index (χ3n) is 3.81. The van der Waals surface area contributed by atoms with E-state index in [1.54, 1.807) is 18.3 Å². The second-order valence-electron chi connectivity index (χ2n) is 5.34. The molecular formula is C13H19N3O2. The molecule has 0 aliphatic heterocycles. The third kappa shape index (κ3) is 2.23. The van der Waals surface area contributed by atoms with Crippen molar-refractivity contribution in [3.8, 4) is 0 Å². The Morgan fingerprint density at radius 1 is 1.67 bits per heavy atom. The fraction of sp³-hybridized carbons (Fsp3) is 0.538. The van der Waals surface area contributed by atoms with Gasteiger partial charge in [0.05, 0.1) is 11.8 Å². The van der Waals surface area contributed by atoms with Gasteiger partial charge in [0, 0.05) is 29.8 Å². The first-order valence-corrected chi connectivity index (χ1v) is 6.09. The predicted molar refractivity (Wildman–Crippen MR) is 67.8 cm³/mol. The monoisotopic (exact) mass is 249 g/mol. The van der Waals surface area contributed by atoms with Crippen LogP contribution in [0.3, 0.4) is 0 Å². The zero-order valence-electron chi connectivity index (χ0n) is 10.7. The van der Waals surface area contributed by atoms with Gasteiger partial charge in [0.1, 0.15) is 0 Å². The van der Waals surface area contributed by atoms with Crippen LogP contribution in [0.5, 0.6) is 0 Å². The van der Waals surface area contributed by atoms with E-state index in [1.165, 1.54) is 0 Å². The first-order valence-electron chi connectivity index (χ1n) is 6.09. The van der Waals surface area contributed by atoms with Gasteiger partial charge in [-0.3, -0.25) is 9.78 Å². The van der Waals surface area contributed by atoms with Gasteiger partial charge in [-0.1, -0.05) is 13.8 Å². The first kappa shape index (κ1) is 13.0. The summed E-state index contributed by atoms with van der Waals surface area (Å²) in [6.45, 7) is 4.21. The topological polar surface area (TPSA) is 88.2 Å². The van der Waals surface area contributed by atoms with Crippen molar-refractivity contribution in [1.82, 2.24) is 10.3 Å². The van der Waals surface area contributed by atoms with E-state index in [-0.39, 0.29) is 23.5 Å². The molecule has 5 nitrogen and oxygen atoms in total. The summed E-state index contributed by atoms with van der Waals surface area (Å²) >= 11 is 0. The predicted octanol–water partition coefficient (Wildman–Crippen LogP) is 0.429. The molecule has 1 aromatic rings. The largest absolute Gasteiger partial charge is 0.392 e. The van der Waals surface area contributed by atoms with Gasteiger partial charge in [0.25, 0.3) is 5.91 Å². The van der Waals surface area contributed by atoms with Crippen molar-refractivity contribution in [3.63, 3.8) is 0 Å². The molecule has 0 aromatic carbocycles. The minimum Gasteiger partial charge on any atom is -0.392 e. The van der Waals surface area contributed by atoms with Gasteiger partial charge in [-0.25, -0.2) is 0 Å². The number of hydrogen-bond acceptors (Lipinski definition) is 4. The van der Waals surface area contributed by atoms with Gasteiger partial charge in [-0.2, -0.15) is 0 Å². The molecule has 2 unspecified atom stereocenters. The third-order valence-corrected chi connectivity index (χ3v) is 3.81. The minimum absolute atomic E-state index is 0.00879. The Bertz CT molecular complexity index is 459. The molecule has 1 amide bonds. The van der Waals surface area contributed by atoms with Gasteiger partial charge >= 0.3 is 0 Å². The van der Waals surface area contributed by atoms with Crippen LogP contribution in [-0.4, -0.2) is 28.1 Å². The second kappa shape index (κ2) is 4.66. The van der Waals surface area contributed by atoms with Crippen molar-refractivity contribution < 1.29 is 9.90 Å². The molecule has 2 rings (SSSR count). The van der Waals surface area contributed by atoms with Crippen LogP contribution < -0.4 is 11.1 Å². The highest BCUT2D eigenvalue weighted by Crippen LogP contribution is 2.40. The number of nitrogens with one attached hydrogen (secondary N) is 1. The van der Waals surface area contributed by atoms with E-state index >= 15 is 0 Å². The second-order valence-corrected chi connectivity index (χ2v) is 5.34. The molecule has 18 heavy (non-hydrogen) atoms. The minimum atomic E-state index is -0.347. The number of aromatic nitrogens is 1. The maximum Gasteiger partial charge on any atom is 0.251 e. The quantitative estimate of drug-likeness (QED) is 0.725. The molecule has 0 saturated heterocycles. The van der Waals surface area contributed by atoms with Crippen molar-refractivity contribution in [2.45, 2.75) is 39.0 Å². The molecule has 0 radical (unpaired) electrons. The number of hydrogen-bond donors (Lipinski definition) is 3. The van der Waals surface area contributed by atoms with Gasteiger partial charge in [0.15, 0.2) is 0 Å². The van der Waals surface area contributed by atoms with Crippen LogP contribution in [0.15, 0.2) is 18.3 Å². The summed E-state index contributed by atoms with van der Waals surface area (Å²) in [4.78, 5) is 16.1. The van der Waals surface area contributed by atoms with Crippen molar-refractivity contribution in [1.29, 1.82) is 0 Å². The number of aliphatic hydroxyl groups excluding tert-OH is 1. The molecule has 98 valence electrons. The van der Waals surface area contributed by atoms with Crippen molar-refractivity contribution in [2.75, 3.05) is 0 Å². The Balaban J connectivity index is 2.04. The van der Waals surface area contributed by atoms with E-state index in [2.05, 4.69) is 10.3 Å². The highest BCUT2D eigenvalue weighted by atomic mass is 16.3. The van der Waals surface area contributed by atoms with Crippen LogP contribution in [0.25, 0.3) is 0 Å². The Labute approximate surface area is 106 Å². The SMILES string of the molecule is CC1(C)C(O)CC1NC(=O)c1ccnc(CN)c1. The Kier molecular flexibility index (Phi) is 3.36. The Morgan fingerprint density at radius 2 is 2.39 bits per heavy atom. The van der Waals surface area contributed by atoms with Crippen LogP contribution in [0.1, 0.15) is 36.3 Å². The zero-order valence-corrected chi connectivity index (χ0v) is 10.7. The van der Waals surface area contributed by atoms with E-state index in [1.807, 2.05) is 13.8 Å². The molecule has 1 aliphatic rings. The molecular weight excluding hydrogens is 230 g/mol. The van der Waals surface area contributed by atoms with Crippen LogP contribution in [-0.2, 0) is 6.54 Å². The normalized spacial score (nSPS) is 25.3. The highest BCUT2D eigenvalue weighted by Gasteiger charge is 2.47. The molecule has 1 saturated carbocycles. The van der Waals surface area contributed by atoms with Crippen molar-refractivity contribution in [2.24, 2.45) is 11.1 Å². The number of pyridine rings is 1. The van der Waals surface area contributed by atoms with Crippen molar-refractivity contribution in [3.05, 3.63) is 29.6 Å².